The van der Waals surface area contributed by atoms with Crippen LogP contribution in [0.15, 0.2) is 31.1 Å². The summed E-state index contributed by atoms with van der Waals surface area (Å²) in [5, 5.41) is 5.74. The number of ether oxygens (including phenoxy) is 2. The van der Waals surface area contributed by atoms with Gasteiger partial charge in [-0.25, -0.2) is 24.6 Å². The summed E-state index contributed by atoms with van der Waals surface area (Å²) < 4.78 is 13.4. The van der Waals surface area contributed by atoms with Gasteiger partial charge in [0.05, 0.1) is 20.0 Å². The summed E-state index contributed by atoms with van der Waals surface area (Å²) in [6, 6.07) is 0. The molecule has 0 unspecified atom stereocenters. The number of amides is 3. The van der Waals surface area contributed by atoms with E-state index in [1.165, 1.54) is 20.4 Å². The van der Waals surface area contributed by atoms with Gasteiger partial charge in [-0.2, -0.15) is 0 Å². The predicted octanol–water partition coefficient (Wildman–Crippen LogP) is 2.08. The molecule has 2 N–H and O–H groups in total. The minimum absolute atomic E-state index is 0.125. The lowest BCUT2D eigenvalue weighted by Crippen LogP contribution is -2.40. The van der Waals surface area contributed by atoms with Crippen LogP contribution in [0.2, 0.25) is 0 Å². The summed E-state index contributed by atoms with van der Waals surface area (Å²) in [7, 11) is 6.48. The number of aromatic nitrogens is 4. The second kappa shape index (κ2) is 16.0. The summed E-state index contributed by atoms with van der Waals surface area (Å²) in [4.78, 5) is 57.6. The molecule has 0 radical (unpaired) electrons. The molecule has 14 nitrogen and oxygen atoms in total. The van der Waals surface area contributed by atoms with E-state index in [1.54, 1.807) is 71.9 Å². The number of carbonyl (C=O) groups is 4. The van der Waals surface area contributed by atoms with E-state index in [9.17, 15) is 19.2 Å². The molecule has 38 heavy (non-hydrogen) atoms. The van der Waals surface area contributed by atoms with E-state index in [-0.39, 0.29) is 24.8 Å². The minimum atomic E-state index is -0.625. The number of hydrogen-bond acceptors (Lipinski definition) is 9. The van der Waals surface area contributed by atoms with Gasteiger partial charge in [-0.05, 0) is 41.5 Å². The third-order valence-electron chi connectivity index (χ3n) is 3.91. The predicted molar refractivity (Wildman–Crippen MR) is 139 cm³/mol. The standard InChI is InChI=1S/C11H17N3O3.C9H18N2O4.C4H6N2/c1-11(2,3)17-10(16)13-7-8(15)9-12-5-6-14(9)4;1-9(2,3)15-8(13)10-6-7(12)11(4)14-5;1-6-3-2-5-4-6/h5-6H,7H2,1-4H3,(H,13,16);6H2,1-5H3,(H,10,13);2-4H,1H3. The molecule has 0 fully saturated rings. The molecule has 0 saturated heterocycles. The lowest BCUT2D eigenvalue weighted by molar-refractivity contribution is -0.167. The van der Waals surface area contributed by atoms with Crippen molar-refractivity contribution in [3.63, 3.8) is 0 Å². The van der Waals surface area contributed by atoms with Crippen LogP contribution in [0.25, 0.3) is 0 Å². The molecule has 0 aliphatic rings. The van der Waals surface area contributed by atoms with Gasteiger partial charge in [0.1, 0.15) is 17.7 Å². The normalized spacial score (nSPS) is 10.6. The Labute approximate surface area is 223 Å². The van der Waals surface area contributed by atoms with Crippen molar-refractivity contribution in [2.75, 3.05) is 27.2 Å². The van der Waals surface area contributed by atoms with E-state index in [0.717, 1.165) is 5.06 Å². The SMILES string of the molecule is CON(C)C(=O)CNC(=O)OC(C)(C)C.Cn1ccnc1.Cn1ccnc1C(=O)CNC(=O)OC(C)(C)C. The summed E-state index contributed by atoms with van der Waals surface area (Å²) >= 11 is 0. The number of carbonyl (C=O) groups excluding carboxylic acids is 4. The Morgan fingerprint density at radius 3 is 1.76 bits per heavy atom. The Morgan fingerprint density at radius 1 is 0.895 bits per heavy atom. The van der Waals surface area contributed by atoms with Gasteiger partial charge in [0.15, 0.2) is 5.82 Å². The third kappa shape index (κ3) is 16.7. The van der Waals surface area contributed by atoms with Crippen LogP contribution in [0.1, 0.15) is 52.2 Å². The molecular formula is C24H41N7O7. The number of nitrogens with zero attached hydrogens (tertiary/aromatic N) is 5. The molecule has 0 saturated carbocycles. The number of likely N-dealkylation sites (N-methyl/N-ethyl adjacent to an activating group) is 1. The van der Waals surface area contributed by atoms with Crippen LogP contribution in [0, 0.1) is 0 Å². The lowest BCUT2D eigenvalue weighted by atomic mass is 10.2. The largest absolute Gasteiger partial charge is 0.444 e. The number of ketones is 1. The molecule has 0 spiro atoms. The van der Waals surface area contributed by atoms with Crippen LogP contribution < -0.4 is 10.6 Å². The average molecular weight is 540 g/mol. The second-order valence-corrected chi connectivity index (χ2v) is 9.80. The van der Waals surface area contributed by atoms with Gasteiger partial charge >= 0.3 is 12.2 Å². The first kappa shape index (κ1) is 34.1. The monoisotopic (exact) mass is 539 g/mol. The van der Waals surface area contributed by atoms with E-state index in [0.29, 0.717) is 5.82 Å². The van der Waals surface area contributed by atoms with E-state index >= 15 is 0 Å². The van der Waals surface area contributed by atoms with Crippen LogP contribution in [0.4, 0.5) is 9.59 Å². The Balaban J connectivity index is 0.000000594. The van der Waals surface area contributed by atoms with Crippen molar-refractivity contribution in [2.24, 2.45) is 14.1 Å². The zero-order valence-corrected chi connectivity index (χ0v) is 23.9. The van der Waals surface area contributed by atoms with Crippen molar-refractivity contribution < 1.29 is 33.5 Å². The lowest BCUT2D eigenvalue weighted by Gasteiger charge is -2.20. The number of aryl methyl sites for hydroxylation is 2. The van der Waals surface area contributed by atoms with Gasteiger partial charge in [0, 0.05) is 45.9 Å². The fourth-order valence-corrected chi connectivity index (χ4v) is 2.18. The molecule has 0 aliphatic heterocycles. The summed E-state index contributed by atoms with van der Waals surface area (Å²) in [6.07, 6.45) is 7.35. The number of alkyl carbamates (subject to hydrolysis) is 2. The van der Waals surface area contributed by atoms with Crippen LogP contribution in [0.3, 0.4) is 0 Å². The molecular weight excluding hydrogens is 498 g/mol. The van der Waals surface area contributed by atoms with Crippen LogP contribution in [-0.4, -0.2) is 86.5 Å². The molecule has 2 aromatic rings. The molecule has 0 aromatic carbocycles. The molecule has 0 aliphatic carbocycles. The second-order valence-electron chi connectivity index (χ2n) is 9.80. The first-order chi connectivity index (χ1) is 17.4. The van der Waals surface area contributed by atoms with Gasteiger partial charge in [0.25, 0.3) is 5.91 Å². The molecule has 0 bridgehead atoms. The number of rotatable bonds is 6. The van der Waals surface area contributed by atoms with Gasteiger partial charge in [-0.15, -0.1) is 0 Å². The third-order valence-corrected chi connectivity index (χ3v) is 3.91. The number of imidazole rings is 2. The molecule has 2 aromatic heterocycles. The van der Waals surface area contributed by atoms with Gasteiger partial charge < -0.3 is 29.2 Å². The number of Topliss-reactive ketones (excluding diaryl/α,β-unsaturated/α-hetero) is 1. The zero-order valence-electron chi connectivity index (χ0n) is 23.9. The quantitative estimate of drug-likeness (QED) is 0.414. The maximum atomic E-state index is 11.6. The summed E-state index contributed by atoms with van der Waals surface area (Å²) in [5.41, 5.74) is -1.14. The molecule has 0 atom stereocenters. The number of hydrogen-bond donors (Lipinski definition) is 2. The first-order valence-electron chi connectivity index (χ1n) is 11.6. The highest BCUT2D eigenvalue weighted by Crippen LogP contribution is 2.07. The summed E-state index contributed by atoms with van der Waals surface area (Å²) in [5.74, 6) is -0.312. The van der Waals surface area contributed by atoms with Crippen molar-refractivity contribution in [3.05, 3.63) is 36.9 Å². The van der Waals surface area contributed by atoms with Crippen LogP contribution >= 0.6 is 0 Å². The first-order valence-corrected chi connectivity index (χ1v) is 11.6. The number of nitrogens with one attached hydrogen (secondary N) is 2. The molecule has 214 valence electrons. The van der Waals surface area contributed by atoms with E-state index in [1.807, 2.05) is 17.8 Å². The van der Waals surface area contributed by atoms with Crippen molar-refractivity contribution in [1.29, 1.82) is 0 Å². The fraction of sp³-hybridized carbons (Fsp3) is 0.583. The molecule has 2 heterocycles. The highest BCUT2D eigenvalue weighted by atomic mass is 16.7. The van der Waals surface area contributed by atoms with Crippen molar-refractivity contribution >= 4 is 23.9 Å². The van der Waals surface area contributed by atoms with E-state index in [2.05, 4.69) is 25.4 Å². The average Bonchev–Trinajstić information content (AvgIpc) is 3.44. The fourth-order valence-electron chi connectivity index (χ4n) is 2.18. The molecule has 2 rings (SSSR count). The highest BCUT2D eigenvalue weighted by molar-refractivity contribution is 5.96. The molecule has 3 amide bonds. The minimum Gasteiger partial charge on any atom is -0.444 e. The maximum absolute atomic E-state index is 11.6. The van der Waals surface area contributed by atoms with Gasteiger partial charge in [-0.1, -0.05) is 0 Å². The van der Waals surface area contributed by atoms with Crippen molar-refractivity contribution in [3.8, 4) is 0 Å². The highest BCUT2D eigenvalue weighted by Gasteiger charge is 2.18. The van der Waals surface area contributed by atoms with E-state index in [4.69, 9.17) is 9.47 Å². The Bertz CT molecular complexity index is 1010. The van der Waals surface area contributed by atoms with Crippen LogP contribution in [-0.2, 0) is 33.2 Å². The van der Waals surface area contributed by atoms with Gasteiger partial charge in [0.2, 0.25) is 5.78 Å². The topological polar surface area (TPSA) is 159 Å². The smallest absolute Gasteiger partial charge is 0.408 e. The van der Waals surface area contributed by atoms with Crippen molar-refractivity contribution in [2.45, 2.75) is 52.7 Å². The maximum Gasteiger partial charge on any atom is 0.408 e. The number of hydroxylamine groups is 2. The van der Waals surface area contributed by atoms with Gasteiger partial charge in [-0.3, -0.25) is 14.4 Å². The Kier molecular flexibility index (Phi) is 14.4. The Hall–Kier alpha value is -3.94. The van der Waals surface area contributed by atoms with Crippen molar-refractivity contribution in [1.82, 2.24) is 34.8 Å². The van der Waals surface area contributed by atoms with E-state index < -0.39 is 23.4 Å². The Morgan fingerprint density at radius 2 is 1.42 bits per heavy atom. The van der Waals surface area contributed by atoms with Crippen LogP contribution in [0.5, 0.6) is 0 Å². The summed E-state index contributed by atoms with van der Waals surface area (Å²) in [6.45, 7) is 10.2. The zero-order chi connectivity index (χ0) is 29.5. The molecule has 14 heteroatoms.